The molecule has 0 aliphatic heterocycles. The van der Waals surface area contributed by atoms with Crippen molar-refractivity contribution in [2.45, 2.75) is 29.6 Å². The average Bonchev–Trinajstić information content (AvgIpc) is 3.13. The molecule has 2 aromatic heterocycles. The van der Waals surface area contributed by atoms with E-state index < -0.39 is 50.4 Å². The molecule has 0 radical (unpaired) electrons. The minimum absolute atomic E-state index is 0.285. The van der Waals surface area contributed by atoms with Gasteiger partial charge in [-0.15, -0.1) is 0 Å². The molecule has 8 nitrogen and oxygen atoms in total. The molecule has 3 atom stereocenters. The Labute approximate surface area is 173 Å². The van der Waals surface area contributed by atoms with Gasteiger partial charge in [0.25, 0.3) is 10.0 Å². The first-order valence-corrected chi connectivity index (χ1v) is 10.4. The van der Waals surface area contributed by atoms with E-state index in [9.17, 15) is 31.5 Å². The first kappa shape index (κ1) is 21.1. The number of halogens is 3. The fourth-order valence-electron chi connectivity index (χ4n) is 3.70. The molecule has 0 spiro atoms. The normalized spacial score (nSPS) is 23.6. The zero-order chi connectivity index (χ0) is 22.6. The third-order valence-electron chi connectivity index (χ3n) is 5.30. The smallest absolute Gasteiger partial charge is 0.452 e. The summed E-state index contributed by atoms with van der Waals surface area (Å²) in [7, 11) is -4.46. The fraction of sp³-hybridized carbons (Fsp3) is 0.263. The maximum Gasteiger partial charge on any atom is 0.452 e. The molecule has 1 aliphatic carbocycles. The van der Waals surface area contributed by atoms with Crippen LogP contribution in [0.4, 0.5) is 13.2 Å². The number of hydrogen-bond acceptors (Lipinski definition) is 6. The standard InChI is InChI=1S/C19H15F3N2O6S/c1-10-16(11-5-3-2-4-6-11)18(10,17(25)26)24-31(27,28)15-8-7-13(29-15)12-9-14(30-23-12)19(20,21)22/h2-10,16,24H,1H3,(H,25,26)/t10?,16-,18+/m1/s1. The van der Waals surface area contributed by atoms with Gasteiger partial charge in [0.15, 0.2) is 5.76 Å². The highest BCUT2D eigenvalue weighted by atomic mass is 32.2. The Morgan fingerprint density at radius 2 is 1.87 bits per heavy atom. The van der Waals surface area contributed by atoms with Crippen molar-refractivity contribution in [3.05, 3.63) is 59.9 Å². The van der Waals surface area contributed by atoms with Gasteiger partial charge in [-0.25, -0.2) is 8.42 Å². The molecule has 3 aromatic rings. The summed E-state index contributed by atoms with van der Waals surface area (Å²) in [5.74, 6) is -4.17. The van der Waals surface area contributed by atoms with Crippen LogP contribution in [0, 0.1) is 5.92 Å². The van der Waals surface area contributed by atoms with Crippen molar-refractivity contribution >= 4 is 16.0 Å². The van der Waals surface area contributed by atoms with Gasteiger partial charge in [-0.1, -0.05) is 42.4 Å². The molecule has 31 heavy (non-hydrogen) atoms. The second-order valence-electron chi connectivity index (χ2n) is 7.15. The van der Waals surface area contributed by atoms with E-state index in [4.69, 9.17) is 4.42 Å². The van der Waals surface area contributed by atoms with Gasteiger partial charge in [-0.2, -0.15) is 17.9 Å². The van der Waals surface area contributed by atoms with E-state index in [0.29, 0.717) is 11.6 Å². The van der Waals surface area contributed by atoms with Gasteiger partial charge in [0.1, 0.15) is 11.2 Å². The lowest BCUT2D eigenvalue weighted by Crippen LogP contribution is -2.45. The third-order valence-corrected chi connectivity index (χ3v) is 6.66. The van der Waals surface area contributed by atoms with Crippen LogP contribution < -0.4 is 4.72 Å². The number of rotatable bonds is 6. The van der Waals surface area contributed by atoms with E-state index in [1.807, 2.05) is 0 Å². The van der Waals surface area contributed by atoms with Crippen molar-refractivity contribution < 1.29 is 40.4 Å². The van der Waals surface area contributed by atoms with E-state index in [0.717, 1.165) is 12.1 Å². The topological polar surface area (TPSA) is 123 Å². The summed E-state index contributed by atoms with van der Waals surface area (Å²) in [4.78, 5) is 12.0. The maximum absolute atomic E-state index is 12.8. The second-order valence-corrected chi connectivity index (χ2v) is 8.76. The lowest BCUT2D eigenvalue weighted by atomic mass is 10.1. The summed E-state index contributed by atoms with van der Waals surface area (Å²) in [6.07, 6.45) is -4.77. The van der Waals surface area contributed by atoms with Gasteiger partial charge >= 0.3 is 12.1 Å². The van der Waals surface area contributed by atoms with Crippen LogP contribution in [0.1, 0.15) is 24.2 Å². The molecule has 164 valence electrons. The minimum Gasteiger partial charge on any atom is -0.480 e. The lowest BCUT2D eigenvalue weighted by Gasteiger charge is -2.14. The minimum atomic E-state index is -4.77. The summed E-state index contributed by atoms with van der Waals surface area (Å²) in [5.41, 5.74) is -1.49. The van der Waals surface area contributed by atoms with E-state index in [2.05, 4.69) is 14.4 Å². The molecule has 4 rings (SSSR count). The van der Waals surface area contributed by atoms with Crippen LogP contribution in [0.25, 0.3) is 11.5 Å². The molecular weight excluding hydrogens is 441 g/mol. The number of nitrogens with zero attached hydrogens (tertiary/aromatic N) is 1. The number of furan rings is 1. The van der Waals surface area contributed by atoms with Crippen LogP contribution in [-0.4, -0.2) is 30.2 Å². The van der Waals surface area contributed by atoms with Gasteiger partial charge in [0.2, 0.25) is 10.9 Å². The van der Waals surface area contributed by atoms with Crippen molar-refractivity contribution in [2.24, 2.45) is 5.92 Å². The number of aromatic nitrogens is 1. The Morgan fingerprint density at radius 3 is 2.45 bits per heavy atom. The first-order chi connectivity index (χ1) is 14.5. The SMILES string of the molecule is CC1[C@H](c2ccccc2)[C@]1(NS(=O)(=O)c1ccc(-c2cc(C(F)(F)F)on2)o1)C(=O)O. The zero-order valence-electron chi connectivity index (χ0n) is 15.8. The van der Waals surface area contributed by atoms with Crippen LogP contribution in [-0.2, 0) is 21.0 Å². The number of aliphatic carboxylic acids is 1. The maximum atomic E-state index is 12.8. The van der Waals surface area contributed by atoms with Crippen molar-refractivity contribution in [1.29, 1.82) is 0 Å². The van der Waals surface area contributed by atoms with Crippen LogP contribution in [0.15, 0.2) is 62.6 Å². The lowest BCUT2D eigenvalue weighted by molar-refractivity contribution is -0.155. The monoisotopic (exact) mass is 456 g/mol. The Balaban J connectivity index is 1.62. The molecule has 1 aliphatic rings. The van der Waals surface area contributed by atoms with Gasteiger partial charge in [0, 0.05) is 12.0 Å². The van der Waals surface area contributed by atoms with E-state index >= 15 is 0 Å². The highest BCUT2D eigenvalue weighted by molar-refractivity contribution is 7.89. The van der Waals surface area contributed by atoms with Crippen molar-refractivity contribution in [3.8, 4) is 11.5 Å². The predicted octanol–water partition coefficient (Wildman–Crippen LogP) is 3.49. The number of nitrogens with one attached hydrogen (secondary N) is 1. The van der Waals surface area contributed by atoms with Gasteiger partial charge in [0.05, 0.1) is 0 Å². The fourth-order valence-corrected chi connectivity index (χ4v) is 5.09. The molecular formula is C19H15F3N2O6S. The molecule has 1 aromatic carbocycles. The average molecular weight is 456 g/mol. The number of carboxylic acids is 1. The van der Waals surface area contributed by atoms with Crippen LogP contribution in [0.3, 0.4) is 0 Å². The van der Waals surface area contributed by atoms with Crippen molar-refractivity contribution in [1.82, 2.24) is 9.88 Å². The quantitative estimate of drug-likeness (QED) is 0.582. The molecule has 0 saturated heterocycles. The highest BCUT2D eigenvalue weighted by Crippen LogP contribution is 2.58. The summed E-state index contributed by atoms with van der Waals surface area (Å²) in [6.45, 7) is 1.61. The molecule has 1 saturated carbocycles. The summed E-state index contributed by atoms with van der Waals surface area (Å²) in [6, 6.07) is 11.3. The molecule has 1 unspecified atom stereocenters. The van der Waals surface area contributed by atoms with Gasteiger partial charge in [-0.3, -0.25) is 4.79 Å². The van der Waals surface area contributed by atoms with Gasteiger partial charge in [-0.05, 0) is 23.6 Å². The predicted molar refractivity (Wildman–Crippen MR) is 98.2 cm³/mol. The molecule has 2 N–H and O–H groups in total. The number of carbonyl (C=O) groups is 1. The Bertz CT molecular complexity index is 1230. The number of alkyl halides is 3. The highest BCUT2D eigenvalue weighted by Gasteiger charge is 2.70. The largest absolute Gasteiger partial charge is 0.480 e. The number of sulfonamides is 1. The first-order valence-electron chi connectivity index (χ1n) is 8.93. The third kappa shape index (κ3) is 3.51. The van der Waals surface area contributed by atoms with Crippen LogP contribution in [0.2, 0.25) is 0 Å². The molecule has 0 amide bonds. The summed E-state index contributed by atoms with van der Waals surface area (Å²) >= 11 is 0. The molecule has 0 bridgehead atoms. The summed E-state index contributed by atoms with van der Waals surface area (Å²) in [5, 5.41) is 12.4. The summed E-state index contributed by atoms with van der Waals surface area (Å²) < 4.78 is 75.2. The van der Waals surface area contributed by atoms with Gasteiger partial charge < -0.3 is 14.0 Å². The number of carboxylic acid groups (broad SMARTS) is 1. The van der Waals surface area contributed by atoms with E-state index in [-0.39, 0.29) is 11.5 Å². The number of hydrogen-bond donors (Lipinski definition) is 2. The van der Waals surface area contributed by atoms with Crippen LogP contribution >= 0.6 is 0 Å². The number of benzene rings is 1. The van der Waals surface area contributed by atoms with Crippen LogP contribution in [0.5, 0.6) is 0 Å². The Morgan fingerprint density at radius 1 is 1.19 bits per heavy atom. The zero-order valence-corrected chi connectivity index (χ0v) is 16.6. The van der Waals surface area contributed by atoms with E-state index in [1.165, 1.54) is 0 Å². The Hall–Kier alpha value is -3.12. The van der Waals surface area contributed by atoms with Crippen molar-refractivity contribution in [2.75, 3.05) is 0 Å². The Kier molecular flexibility index (Phi) is 4.74. The molecule has 12 heteroatoms. The second kappa shape index (κ2) is 6.95. The molecule has 2 heterocycles. The van der Waals surface area contributed by atoms with Crippen molar-refractivity contribution in [3.63, 3.8) is 0 Å². The molecule has 1 fully saturated rings. The van der Waals surface area contributed by atoms with E-state index in [1.54, 1.807) is 37.3 Å².